The van der Waals surface area contributed by atoms with Crippen LogP contribution in [0.4, 0.5) is 5.69 Å². The van der Waals surface area contributed by atoms with Crippen LogP contribution in [0.15, 0.2) is 48.6 Å². The summed E-state index contributed by atoms with van der Waals surface area (Å²) in [4.78, 5) is 39.7. The first kappa shape index (κ1) is 37.6. The quantitative estimate of drug-likeness (QED) is 0.216. The fraction of sp³-hybridized carbons (Fsp3) is 0.591. The highest BCUT2D eigenvalue weighted by Gasteiger charge is 2.79. The summed E-state index contributed by atoms with van der Waals surface area (Å²) in [5.41, 5.74) is -1.43. The zero-order chi connectivity index (χ0) is 39.6. The summed E-state index contributed by atoms with van der Waals surface area (Å²) in [6.45, 7) is 7.41. The van der Waals surface area contributed by atoms with Gasteiger partial charge in [0.05, 0.1) is 33.0 Å². The number of esters is 2. The van der Waals surface area contributed by atoms with Crippen molar-refractivity contribution in [3.05, 3.63) is 70.9 Å². The maximum Gasteiger partial charge on any atom is 0.342 e. The Bertz CT molecular complexity index is 2140. The van der Waals surface area contributed by atoms with Gasteiger partial charge in [-0.15, -0.1) is 0 Å². The number of anilines is 1. The van der Waals surface area contributed by atoms with Gasteiger partial charge in [0.25, 0.3) is 0 Å². The average molecular weight is 769 g/mol. The topological polar surface area (TPSA) is 148 Å². The first-order valence-electron chi connectivity index (χ1n) is 20.3. The maximum atomic E-state index is 15.2. The number of aromatic amines is 1. The number of nitrogens with zero attached hydrogens (tertiary/aromatic N) is 3. The lowest BCUT2D eigenvalue weighted by Crippen LogP contribution is -2.80. The van der Waals surface area contributed by atoms with Gasteiger partial charge in [0, 0.05) is 84.0 Å². The minimum absolute atomic E-state index is 0.0795. The molecule has 4 N–H and O–H groups in total. The number of methoxy groups -OCH3 is 3. The van der Waals surface area contributed by atoms with E-state index in [2.05, 4.69) is 26.9 Å². The zero-order valence-electron chi connectivity index (χ0n) is 33.4. The summed E-state index contributed by atoms with van der Waals surface area (Å²) in [7, 11) is 6.17. The van der Waals surface area contributed by atoms with E-state index in [9.17, 15) is 20.1 Å². The van der Waals surface area contributed by atoms with Crippen molar-refractivity contribution in [1.29, 1.82) is 0 Å². The lowest BCUT2D eigenvalue weighted by molar-refractivity contribution is -0.218. The Morgan fingerprint density at radius 3 is 2.45 bits per heavy atom. The number of aromatic nitrogens is 1. The fourth-order valence-corrected chi connectivity index (χ4v) is 13.2. The number of ether oxygens (including phenoxy) is 3. The van der Waals surface area contributed by atoms with E-state index in [-0.39, 0.29) is 12.0 Å². The van der Waals surface area contributed by atoms with Gasteiger partial charge in [0.2, 0.25) is 5.60 Å². The third-order valence-corrected chi connectivity index (χ3v) is 15.4. The molecule has 56 heavy (non-hydrogen) atoms. The number of carbonyl (C=O) groups excluding carboxylic acids is 2. The number of benzene rings is 2. The highest BCUT2D eigenvalue weighted by molar-refractivity contribution is 5.95. The monoisotopic (exact) mass is 768 g/mol. The molecule has 1 aromatic heterocycles. The Kier molecular flexibility index (Phi) is 8.59. The minimum Gasteiger partial charge on any atom is -0.496 e. The Morgan fingerprint density at radius 1 is 0.964 bits per heavy atom. The van der Waals surface area contributed by atoms with Crippen LogP contribution < -0.4 is 9.64 Å². The van der Waals surface area contributed by atoms with Gasteiger partial charge in [-0.1, -0.05) is 44.2 Å². The van der Waals surface area contributed by atoms with Crippen LogP contribution in [-0.2, 0) is 36.3 Å². The van der Waals surface area contributed by atoms with Gasteiger partial charge >= 0.3 is 11.9 Å². The van der Waals surface area contributed by atoms with Gasteiger partial charge in [0.1, 0.15) is 17.3 Å². The normalized spacial score (nSPS) is 38.4. The first-order chi connectivity index (χ1) is 26.8. The van der Waals surface area contributed by atoms with Gasteiger partial charge in [-0.25, -0.2) is 4.79 Å². The van der Waals surface area contributed by atoms with E-state index < -0.39 is 51.5 Å². The molecule has 2 bridgehead atoms. The summed E-state index contributed by atoms with van der Waals surface area (Å²) in [5, 5.41) is 38.3. The van der Waals surface area contributed by atoms with Gasteiger partial charge in [0.15, 0.2) is 0 Å². The number of para-hydroxylation sites is 1. The molecule has 5 unspecified atom stereocenters. The molecule has 0 radical (unpaired) electrons. The summed E-state index contributed by atoms with van der Waals surface area (Å²) < 4.78 is 17.6. The van der Waals surface area contributed by atoms with Crippen LogP contribution in [0, 0.1) is 11.3 Å². The summed E-state index contributed by atoms with van der Waals surface area (Å²) in [6.07, 6.45) is 5.82. The van der Waals surface area contributed by atoms with Crippen LogP contribution >= 0.6 is 0 Å². The molecule has 3 fully saturated rings. The average Bonchev–Trinajstić information content (AvgIpc) is 3.87. The van der Waals surface area contributed by atoms with Gasteiger partial charge < -0.3 is 39.4 Å². The number of nitrogens with one attached hydrogen (secondary N) is 1. The second-order valence-electron chi connectivity index (χ2n) is 17.6. The second kappa shape index (κ2) is 12.8. The third kappa shape index (κ3) is 4.59. The van der Waals surface area contributed by atoms with Gasteiger partial charge in [-0.2, -0.15) is 0 Å². The highest BCUT2D eigenvalue weighted by Crippen LogP contribution is 2.67. The molecule has 9 rings (SSSR count). The number of likely N-dealkylation sites (N-methyl/N-ethyl adjacent to an activating group) is 1. The number of hydrogen-bond acceptors (Lipinski definition) is 11. The predicted molar refractivity (Wildman–Crippen MR) is 211 cm³/mol. The first-order valence-corrected chi connectivity index (χ1v) is 20.3. The second-order valence-corrected chi connectivity index (χ2v) is 17.6. The molecule has 6 heterocycles. The number of aliphatic hydroxyl groups is 3. The summed E-state index contributed by atoms with van der Waals surface area (Å²) >= 11 is 0. The van der Waals surface area contributed by atoms with E-state index in [1.165, 1.54) is 14.2 Å². The van der Waals surface area contributed by atoms with Crippen LogP contribution in [0.2, 0.25) is 0 Å². The lowest BCUT2D eigenvalue weighted by atomic mass is 9.47. The molecule has 2 saturated heterocycles. The molecule has 12 nitrogen and oxygen atoms in total. The van der Waals surface area contributed by atoms with E-state index >= 15 is 4.79 Å². The molecule has 10 atom stereocenters. The van der Waals surface area contributed by atoms with Crippen LogP contribution in [0.5, 0.6) is 5.75 Å². The Balaban J connectivity index is 1.36. The van der Waals surface area contributed by atoms with Crippen molar-refractivity contribution in [2.75, 3.05) is 66.0 Å². The van der Waals surface area contributed by atoms with E-state index in [0.717, 1.165) is 46.5 Å². The number of carbonyl (C=O) groups is 2. The van der Waals surface area contributed by atoms with Crippen LogP contribution in [0.1, 0.15) is 68.3 Å². The maximum absolute atomic E-state index is 15.2. The Labute approximate surface area is 328 Å². The van der Waals surface area contributed by atoms with Gasteiger partial charge in [-0.3, -0.25) is 14.6 Å². The third-order valence-electron chi connectivity index (χ3n) is 15.4. The number of fused-ring (bicyclic) bond motifs is 6. The number of H-pyrrole nitrogens is 1. The molecule has 0 amide bonds. The van der Waals surface area contributed by atoms with Crippen molar-refractivity contribution in [3.63, 3.8) is 0 Å². The molecule has 5 aliphatic heterocycles. The smallest absolute Gasteiger partial charge is 0.342 e. The van der Waals surface area contributed by atoms with Crippen LogP contribution in [0.3, 0.4) is 0 Å². The molecular weight excluding hydrogens is 713 g/mol. The predicted octanol–water partition coefficient (Wildman–Crippen LogP) is 3.42. The van der Waals surface area contributed by atoms with Crippen LogP contribution in [0.25, 0.3) is 10.9 Å². The summed E-state index contributed by atoms with van der Waals surface area (Å²) in [5.74, 6) is -0.908. The molecule has 1 aliphatic carbocycles. The molecule has 2 aromatic carbocycles. The van der Waals surface area contributed by atoms with Crippen molar-refractivity contribution in [2.24, 2.45) is 11.3 Å². The highest BCUT2D eigenvalue weighted by atomic mass is 16.5. The van der Waals surface area contributed by atoms with E-state index in [1.54, 1.807) is 7.11 Å². The number of aliphatic hydroxyl groups excluding tert-OH is 1. The standard InChI is InChI=1S/C44H56N4O8/c1-7-40(52)22-26-23-43(38(50)55-5,34-28(14-18-47(24-26)25-40)27-12-9-10-13-31(27)45-34)30-20-29-32(21-33(30)54-4)46(3)36-42(29)16-19-48-17-11-15-41(8-2,35(42)48)37(49)44(36,53)39(51)56-6/h9-13,15,20-21,26,35-37,45,49,52-53H,7-8,14,16-19,22-25H2,1-6H3/t26?,35?,36?,37?,40-,41+,42+,43-,44-/m0/s1. The molecule has 1 spiro atoms. The lowest BCUT2D eigenvalue weighted by Gasteiger charge is -2.63. The van der Waals surface area contributed by atoms with Crippen molar-refractivity contribution >= 4 is 28.5 Å². The van der Waals surface area contributed by atoms with E-state index in [0.29, 0.717) is 69.5 Å². The molecular formula is C44H56N4O8. The van der Waals surface area contributed by atoms with Crippen molar-refractivity contribution in [1.82, 2.24) is 14.8 Å². The SMILES string of the molecule is CC[C@]1(O)CC2CN(CCc3c([nH]c4ccccc34)[C@@](C(=O)OC)(c3cc4c(cc3OC)N(C)C3[C@@](O)(C(=O)OC)C(O)[C@]5(CC)C=CCN6CC[C@]43C65)C2)C1. The number of piperidine rings is 1. The largest absolute Gasteiger partial charge is 0.496 e. The van der Waals surface area contributed by atoms with Crippen molar-refractivity contribution in [3.8, 4) is 5.75 Å². The number of rotatable bonds is 6. The Morgan fingerprint density at radius 2 is 1.73 bits per heavy atom. The van der Waals surface area contributed by atoms with Crippen LogP contribution in [-0.4, -0.2) is 133 Å². The molecule has 6 aliphatic rings. The molecule has 3 aromatic rings. The molecule has 1 saturated carbocycles. The fourth-order valence-electron chi connectivity index (χ4n) is 13.2. The van der Waals surface area contributed by atoms with Crippen molar-refractivity contribution < 1.29 is 39.1 Å². The zero-order valence-corrected chi connectivity index (χ0v) is 33.4. The van der Waals surface area contributed by atoms with E-state index in [4.69, 9.17) is 14.2 Å². The Hall–Kier alpha value is -3.94. The van der Waals surface area contributed by atoms with Gasteiger partial charge in [-0.05, 0) is 74.2 Å². The number of hydrogen-bond donors (Lipinski definition) is 4. The van der Waals surface area contributed by atoms with E-state index in [1.807, 2.05) is 62.2 Å². The van der Waals surface area contributed by atoms with Crippen molar-refractivity contribution in [2.45, 2.75) is 92.6 Å². The minimum atomic E-state index is -2.29. The summed E-state index contributed by atoms with van der Waals surface area (Å²) in [6, 6.07) is 11.1. The molecule has 12 heteroatoms. The molecule has 300 valence electrons.